The smallest absolute Gasteiger partial charge is 0.241 e. The van der Waals surface area contributed by atoms with Gasteiger partial charge in [-0.2, -0.15) is 0 Å². The number of nitrogens with one attached hydrogen (secondary N) is 1. The summed E-state index contributed by atoms with van der Waals surface area (Å²) in [5, 5.41) is 0. The second-order valence-corrected chi connectivity index (χ2v) is 5.74. The first-order chi connectivity index (χ1) is 8.28. The number of hydrogen-bond donors (Lipinski definition) is 2. The zero-order chi connectivity index (χ0) is 13.8. The van der Waals surface area contributed by atoms with E-state index in [1.807, 2.05) is 13.8 Å². The Labute approximate surface area is 106 Å². The van der Waals surface area contributed by atoms with Gasteiger partial charge in [-0.3, -0.25) is 9.52 Å². The number of sulfonamides is 1. The third-order valence-electron chi connectivity index (χ3n) is 1.83. The first kappa shape index (κ1) is 14.3. The van der Waals surface area contributed by atoms with Crippen molar-refractivity contribution in [2.45, 2.75) is 20.0 Å². The highest BCUT2D eigenvalue weighted by Crippen LogP contribution is 2.17. The van der Waals surface area contributed by atoms with E-state index in [0.29, 0.717) is 11.4 Å². The minimum atomic E-state index is -3.74. The Morgan fingerprint density at radius 3 is 2.33 bits per heavy atom. The fourth-order valence-corrected chi connectivity index (χ4v) is 2.22. The van der Waals surface area contributed by atoms with Crippen LogP contribution < -0.4 is 15.2 Å². The number of nitrogens with two attached hydrogens (primary N) is 1. The zero-order valence-electron chi connectivity index (χ0n) is 10.2. The van der Waals surface area contributed by atoms with Crippen LogP contribution in [0.25, 0.3) is 0 Å². The third kappa shape index (κ3) is 5.05. The SMILES string of the molecule is CC(C)Oc1ccc(NS(=O)(=O)CC(N)=O)cc1. The number of rotatable bonds is 6. The number of primary amides is 1. The van der Waals surface area contributed by atoms with E-state index in [2.05, 4.69) is 4.72 Å². The van der Waals surface area contributed by atoms with Crippen LogP contribution >= 0.6 is 0 Å². The summed E-state index contributed by atoms with van der Waals surface area (Å²) in [6.45, 7) is 3.78. The molecule has 0 aromatic heterocycles. The molecule has 7 heteroatoms. The fraction of sp³-hybridized carbons (Fsp3) is 0.364. The molecule has 0 radical (unpaired) electrons. The van der Waals surface area contributed by atoms with Crippen molar-refractivity contribution in [3.8, 4) is 5.75 Å². The van der Waals surface area contributed by atoms with Gasteiger partial charge < -0.3 is 10.5 Å². The molecule has 0 unspecified atom stereocenters. The Kier molecular flexibility index (Phi) is 4.55. The Morgan fingerprint density at radius 1 is 1.33 bits per heavy atom. The molecule has 0 saturated heterocycles. The Balaban J connectivity index is 2.72. The van der Waals surface area contributed by atoms with Gasteiger partial charge >= 0.3 is 0 Å². The maximum absolute atomic E-state index is 11.4. The van der Waals surface area contributed by atoms with Crippen LogP contribution in [0.5, 0.6) is 5.75 Å². The number of benzene rings is 1. The van der Waals surface area contributed by atoms with Crippen molar-refractivity contribution in [1.82, 2.24) is 0 Å². The van der Waals surface area contributed by atoms with Crippen LogP contribution in [0.1, 0.15) is 13.8 Å². The van der Waals surface area contributed by atoms with Gasteiger partial charge in [0.2, 0.25) is 15.9 Å². The summed E-state index contributed by atoms with van der Waals surface area (Å²) in [7, 11) is -3.74. The predicted octanol–water partition coefficient (Wildman–Crippen LogP) is 0.701. The maximum Gasteiger partial charge on any atom is 0.241 e. The van der Waals surface area contributed by atoms with Gasteiger partial charge in [-0.25, -0.2) is 8.42 Å². The summed E-state index contributed by atoms with van der Waals surface area (Å²) < 4.78 is 30.5. The summed E-state index contributed by atoms with van der Waals surface area (Å²) in [6, 6.07) is 6.39. The van der Waals surface area contributed by atoms with Crippen LogP contribution in [-0.2, 0) is 14.8 Å². The average Bonchev–Trinajstić information content (AvgIpc) is 2.17. The number of anilines is 1. The number of carbonyl (C=O) groups excluding carboxylic acids is 1. The molecule has 0 atom stereocenters. The van der Waals surface area contributed by atoms with E-state index in [0.717, 1.165) is 0 Å². The molecule has 100 valence electrons. The molecule has 0 aliphatic rings. The second kappa shape index (κ2) is 5.72. The first-order valence-corrected chi connectivity index (χ1v) is 6.99. The molecule has 0 heterocycles. The molecule has 0 aliphatic carbocycles. The molecule has 0 saturated carbocycles. The second-order valence-electron chi connectivity index (χ2n) is 4.02. The zero-order valence-corrected chi connectivity index (χ0v) is 11.0. The van der Waals surface area contributed by atoms with Gasteiger partial charge in [-0.05, 0) is 38.1 Å². The number of ether oxygens (including phenoxy) is 1. The number of hydrogen-bond acceptors (Lipinski definition) is 4. The first-order valence-electron chi connectivity index (χ1n) is 5.34. The molecule has 3 N–H and O–H groups in total. The fourth-order valence-electron chi connectivity index (χ4n) is 1.28. The van der Waals surface area contributed by atoms with Gasteiger partial charge in [0.05, 0.1) is 6.10 Å². The normalized spacial score (nSPS) is 11.3. The lowest BCUT2D eigenvalue weighted by Crippen LogP contribution is -2.27. The Morgan fingerprint density at radius 2 is 1.89 bits per heavy atom. The topological polar surface area (TPSA) is 98.5 Å². The molecule has 1 aromatic rings. The standard InChI is InChI=1S/C11H16N2O4S/c1-8(2)17-10-5-3-9(4-6-10)13-18(15,16)7-11(12)14/h3-6,8,13H,7H2,1-2H3,(H2,12,14). The van der Waals surface area contributed by atoms with Crippen molar-refractivity contribution in [1.29, 1.82) is 0 Å². The van der Waals surface area contributed by atoms with E-state index in [1.165, 1.54) is 0 Å². The molecule has 0 aliphatic heterocycles. The van der Waals surface area contributed by atoms with E-state index in [9.17, 15) is 13.2 Å². The summed E-state index contributed by atoms with van der Waals surface area (Å²) in [5.74, 6) is -0.998. The largest absolute Gasteiger partial charge is 0.491 e. The molecular formula is C11H16N2O4S. The van der Waals surface area contributed by atoms with E-state index < -0.39 is 21.7 Å². The third-order valence-corrected chi connectivity index (χ3v) is 3.04. The average molecular weight is 272 g/mol. The van der Waals surface area contributed by atoms with Crippen LogP contribution in [0.15, 0.2) is 24.3 Å². The maximum atomic E-state index is 11.4. The van der Waals surface area contributed by atoms with Gasteiger partial charge in [0.15, 0.2) is 0 Å². The molecule has 1 rings (SSSR count). The Bertz CT molecular complexity index is 508. The highest BCUT2D eigenvalue weighted by atomic mass is 32.2. The van der Waals surface area contributed by atoms with Crippen LogP contribution in [-0.4, -0.2) is 26.2 Å². The van der Waals surface area contributed by atoms with Crippen molar-refractivity contribution in [3.05, 3.63) is 24.3 Å². The molecule has 1 aromatic carbocycles. The van der Waals surface area contributed by atoms with Gasteiger partial charge in [0, 0.05) is 5.69 Å². The van der Waals surface area contributed by atoms with Crippen molar-refractivity contribution in [2.75, 3.05) is 10.5 Å². The lowest BCUT2D eigenvalue weighted by atomic mass is 10.3. The lowest BCUT2D eigenvalue weighted by molar-refractivity contribution is -0.115. The summed E-state index contributed by atoms with van der Waals surface area (Å²) in [5.41, 5.74) is 5.19. The molecule has 0 fully saturated rings. The molecule has 1 amide bonds. The molecule has 0 bridgehead atoms. The van der Waals surface area contributed by atoms with Crippen molar-refractivity contribution in [3.63, 3.8) is 0 Å². The minimum absolute atomic E-state index is 0.0439. The lowest BCUT2D eigenvalue weighted by Gasteiger charge is -2.11. The van der Waals surface area contributed by atoms with Gasteiger partial charge in [0.1, 0.15) is 11.5 Å². The van der Waals surface area contributed by atoms with Crippen LogP contribution in [0.2, 0.25) is 0 Å². The van der Waals surface area contributed by atoms with E-state index in [4.69, 9.17) is 10.5 Å². The van der Waals surface area contributed by atoms with Gasteiger partial charge in [-0.15, -0.1) is 0 Å². The molecule has 18 heavy (non-hydrogen) atoms. The van der Waals surface area contributed by atoms with E-state index >= 15 is 0 Å². The monoisotopic (exact) mass is 272 g/mol. The van der Waals surface area contributed by atoms with Crippen molar-refractivity contribution in [2.24, 2.45) is 5.73 Å². The molecular weight excluding hydrogens is 256 g/mol. The van der Waals surface area contributed by atoms with Crippen LogP contribution in [0.4, 0.5) is 5.69 Å². The number of carbonyl (C=O) groups is 1. The van der Waals surface area contributed by atoms with Gasteiger partial charge in [0.25, 0.3) is 0 Å². The summed E-state index contributed by atoms with van der Waals surface area (Å²) >= 11 is 0. The minimum Gasteiger partial charge on any atom is -0.491 e. The summed E-state index contributed by atoms with van der Waals surface area (Å²) in [4.78, 5) is 10.6. The predicted molar refractivity (Wildman–Crippen MR) is 68.8 cm³/mol. The molecule has 6 nitrogen and oxygen atoms in total. The highest BCUT2D eigenvalue weighted by molar-refractivity contribution is 7.93. The Hall–Kier alpha value is -1.76. The van der Waals surface area contributed by atoms with Crippen molar-refractivity contribution >= 4 is 21.6 Å². The number of amides is 1. The van der Waals surface area contributed by atoms with Crippen LogP contribution in [0, 0.1) is 0 Å². The van der Waals surface area contributed by atoms with Crippen molar-refractivity contribution < 1.29 is 17.9 Å². The quantitative estimate of drug-likeness (QED) is 0.796. The summed E-state index contributed by atoms with van der Waals surface area (Å²) in [6.07, 6.45) is 0.0439. The van der Waals surface area contributed by atoms with E-state index in [1.54, 1.807) is 24.3 Å². The van der Waals surface area contributed by atoms with E-state index in [-0.39, 0.29) is 6.10 Å². The molecule has 0 spiro atoms. The van der Waals surface area contributed by atoms with Gasteiger partial charge in [-0.1, -0.05) is 0 Å². The van der Waals surface area contributed by atoms with Crippen LogP contribution in [0.3, 0.4) is 0 Å². The highest BCUT2D eigenvalue weighted by Gasteiger charge is 2.13.